The maximum Gasteiger partial charge on any atom is 0.271 e. The molecule has 0 radical (unpaired) electrons. The number of anilines is 1. The van der Waals surface area contributed by atoms with Crippen LogP contribution in [0.1, 0.15) is 48.5 Å². The number of rotatable bonds is 8. The molecule has 6 nitrogen and oxygen atoms in total. The quantitative estimate of drug-likeness (QED) is 0.384. The molecule has 0 aliphatic rings. The zero-order valence-corrected chi connectivity index (χ0v) is 14.7. The molecule has 6 heteroatoms. The molecule has 0 aromatic heterocycles. The van der Waals surface area contributed by atoms with E-state index in [1.54, 1.807) is 48.5 Å². The maximum atomic E-state index is 12.1. The Labute approximate surface area is 152 Å². The zero-order valence-electron chi connectivity index (χ0n) is 14.7. The molecule has 2 aromatic carbocycles. The van der Waals surface area contributed by atoms with Crippen molar-refractivity contribution in [3.05, 3.63) is 59.7 Å². The van der Waals surface area contributed by atoms with Crippen molar-refractivity contribution < 1.29 is 14.7 Å². The molecule has 0 unspecified atom stereocenters. The number of amides is 2. The van der Waals surface area contributed by atoms with Gasteiger partial charge in [0.25, 0.3) is 5.91 Å². The Morgan fingerprint density at radius 1 is 1.08 bits per heavy atom. The Bertz CT molecular complexity index is 770. The number of carbonyl (C=O) groups excluding carboxylic acids is 2. The summed E-state index contributed by atoms with van der Waals surface area (Å²) < 4.78 is 0. The van der Waals surface area contributed by atoms with Crippen LogP contribution in [0, 0.1) is 0 Å². The van der Waals surface area contributed by atoms with Crippen LogP contribution >= 0.6 is 0 Å². The minimum atomic E-state index is -0.377. The SMILES string of the molecule is CCCCCC(=O)Nc1ccc(C(=O)N/N=C\c2ccccc2O)cc1. The van der Waals surface area contributed by atoms with Crippen LogP contribution in [0.5, 0.6) is 5.75 Å². The summed E-state index contributed by atoms with van der Waals surface area (Å²) in [5, 5.41) is 16.3. The summed E-state index contributed by atoms with van der Waals surface area (Å²) in [7, 11) is 0. The number of benzene rings is 2. The first-order valence-electron chi connectivity index (χ1n) is 8.61. The smallest absolute Gasteiger partial charge is 0.271 e. The molecular weight excluding hydrogens is 330 g/mol. The number of phenolic OH excluding ortho intramolecular Hbond substituents is 1. The number of para-hydroxylation sites is 1. The lowest BCUT2D eigenvalue weighted by atomic mass is 10.1. The van der Waals surface area contributed by atoms with Crippen molar-refractivity contribution in [2.75, 3.05) is 5.32 Å². The van der Waals surface area contributed by atoms with Gasteiger partial charge in [0.15, 0.2) is 0 Å². The van der Waals surface area contributed by atoms with E-state index in [0.29, 0.717) is 23.2 Å². The molecule has 2 aromatic rings. The number of hydrogen-bond donors (Lipinski definition) is 3. The Kier molecular flexibility index (Phi) is 7.36. The molecule has 136 valence electrons. The van der Waals surface area contributed by atoms with Crippen molar-refractivity contribution in [2.45, 2.75) is 32.6 Å². The minimum Gasteiger partial charge on any atom is -0.507 e. The monoisotopic (exact) mass is 353 g/mol. The van der Waals surface area contributed by atoms with E-state index in [0.717, 1.165) is 19.3 Å². The van der Waals surface area contributed by atoms with E-state index in [9.17, 15) is 14.7 Å². The predicted molar refractivity (Wildman–Crippen MR) is 102 cm³/mol. The fraction of sp³-hybridized carbons (Fsp3) is 0.250. The van der Waals surface area contributed by atoms with Crippen molar-refractivity contribution in [2.24, 2.45) is 5.10 Å². The van der Waals surface area contributed by atoms with Crippen LogP contribution in [0.4, 0.5) is 5.69 Å². The number of nitrogens with zero attached hydrogens (tertiary/aromatic N) is 1. The lowest BCUT2D eigenvalue weighted by Gasteiger charge is -2.06. The summed E-state index contributed by atoms with van der Waals surface area (Å²) in [6.45, 7) is 2.09. The van der Waals surface area contributed by atoms with E-state index >= 15 is 0 Å². The van der Waals surface area contributed by atoms with E-state index in [4.69, 9.17) is 0 Å². The number of hydrazone groups is 1. The van der Waals surface area contributed by atoms with Gasteiger partial charge < -0.3 is 10.4 Å². The number of carbonyl (C=O) groups is 2. The lowest BCUT2D eigenvalue weighted by Crippen LogP contribution is -2.17. The van der Waals surface area contributed by atoms with E-state index in [2.05, 4.69) is 22.8 Å². The Balaban J connectivity index is 1.86. The van der Waals surface area contributed by atoms with Crippen molar-refractivity contribution >= 4 is 23.7 Å². The van der Waals surface area contributed by atoms with Gasteiger partial charge in [0.1, 0.15) is 5.75 Å². The number of aromatic hydroxyl groups is 1. The van der Waals surface area contributed by atoms with E-state index in [1.807, 2.05) is 0 Å². The predicted octanol–water partition coefficient (Wildman–Crippen LogP) is 3.67. The highest BCUT2D eigenvalue weighted by Crippen LogP contribution is 2.13. The van der Waals surface area contributed by atoms with Crippen molar-refractivity contribution in [3.8, 4) is 5.75 Å². The van der Waals surface area contributed by atoms with Gasteiger partial charge in [-0.25, -0.2) is 5.43 Å². The minimum absolute atomic E-state index is 0.0251. The molecule has 0 saturated heterocycles. The lowest BCUT2D eigenvalue weighted by molar-refractivity contribution is -0.116. The third-order valence-corrected chi connectivity index (χ3v) is 3.74. The summed E-state index contributed by atoms with van der Waals surface area (Å²) in [5.74, 6) is -0.315. The van der Waals surface area contributed by atoms with Crippen LogP contribution < -0.4 is 10.7 Å². The molecule has 26 heavy (non-hydrogen) atoms. The van der Waals surface area contributed by atoms with Crippen molar-refractivity contribution in [1.29, 1.82) is 0 Å². The Hall–Kier alpha value is -3.15. The fourth-order valence-electron chi connectivity index (χ4n) is 2.29. The Morgan fingerprint density at radius 3 is 2.50 bits per heavy atom. The number of nitrogens with one attached hydrogen (secondary N) is 2. The van der Waals surface area contributed by atoms with Gasteiger partial charge in [-0.3, -0.25) is 9.59 Å². The topological polar surface area (TPSA) is 90.8 Å². The van der Waals surface area contributed by atoms with Gasteiger partial charge in [0, 0.05) is 23.2 Å². The van der Waals surface area contributed by atoms with Crippen LogP contribution in [-0.2, 0) is 4.79 Å². The molecule has 0 aliphatic heterocycles. The zero-order chi connectivity index (χ0) is 18.8. The summed E-state index contributed by atoms with van der Waals surface area (Å²) >= 11 is 0. The Morgan fingerprint density at radius 2 is 1.81 bits per heavy atom. The molecule has 0 bridgehead atoms. The van der Waals surface area contributed by atoms with Crippen LogP contribution in [0.25, 0.3) is 0 Å². The van der Waals surface area contributed by atoms with Crippen molar-refractivity contribution in [1.82, 2.24) is 5.43 Å². The molecule has 0 aliphatic carbocycles. The molecular formula is C20H23N3O3. The number of unbranched alkanes of at least 4 members (excludes halogenated alkanes) is 2. The van der Waals surface area contributed by atoms with Crippen LogP contribution in [0.2, 0.25) is 0 Å². The standard InChI is InChI=1S/C20H23N3O3/c1-2-3-4-9-19(25)22-17-12-10-15(11-13-17)20(26)23-21-14-16-7-5-6-8-18(16)24/h5-8,10-14,24H,2-4,9H2,1H3,(H,22,25)(H,23,26)/b21-14-. The first kappa shape index (κ1) is 19.2. The van der Waals surface area contributed by atoms with E-state index in [-0.39, 0.29) is 17.6 Å². The van der Waals surface area contributed by atoms with Gasteiger partial charge in [-0.2, -0.15) is 5.10 Å². The highest BCUT2D eigenvalue weighted by molar-refractivity contribution is 5.96. The molecule has 3 N–H and O–H groups in total. The van der Waals surface area contributed by atoms with Crippen LogP contribution in [-0.4, -0.2) is 23.1 Å². The van der Waals surface area contributed by atoms with E-state index in [1.165, 1.54) is 6.21 Å². The van der Waals surface area contributed by atoms with Gasteiger partial charge in [-0.15, -0.1) is 0 Å². The van der Waals surface area contributed by atoms with Gasteiger partial charge in [0.05, 0.1) is 6.21 Å². The molecule has 0 heterocycles. The van der Waals surface area contributed by atoms with Crippen LogP contribution in [0.15, 0.2) is 53.6 Å². The molecule has 0 atom stereocenters. The normalized spacial score (nSPS) is 10.7. The first-order valence-corrected chi connectivity index (χ1v) is 8.61. The third kappa shape index (κ3) is 6.05. The summed E-state index contributed by atoms with van der Waals surface area (Å²) in [4.78, 5) is 23.8. The second-order valence-corrected chi connectivity index (χ2v) is 5.84. The van der Waals surface area contributed by atoms with Gasteiger partial charge in [0.2, 0.25) is 5.91 Å². The van der Waals surface area contributed by atoms with Gasteiger partial charge >= 0.3 is 0 Å². The van der Waals surface area contributed by atoms with Crippen LogP contribution in [0.3, 0.4) is 0 Å². The maximum absolute atomic E-state index is 12.1. The highest BCUT2D eigenvalue weighted by atomic mass is 16.3. The summed E-state index contributed by atoms with van der Waals surface area (Å²) in [6.07, 6.45) is 4.85. The highest BCUT2D eigenvalue weighted by Gasteiger charge is 2.06. The molecule has 0 fully saturated rings. The largest absolute Gasteiger partial charge is 0.507 e. The van der Waals surface area contributed by atoms with Crippen molar-refractivity contribution in [3.63, 3.8) is 0 Å². The molecule has 2 rings (SSSR count). The first-order chi connectivity index (χ1) is 12.6. The molecule has 0 spiro atoms. The van der Waals surface area contributed by atoms with E-state index < -0.39 is 0 Å². The summed E-state index contributed by atoms with van der Waals surface area (Å²) in [6, 6.07) is 13.3. The second-order valence-electron chi connectivity index (χ2n) is 5.84. The second kappa shape index (κ2) is 9.98. The molecule has 2 amide bonds. The summed E-state index contributed by atoms with van der Waals surface area (Å²) in [5.41, 5.74) is 3.98. The fourth-order valence-corrected chi connectivity index (χ4v) is 2.29. The van der Waals surface area contributed by atoms with Gasteiger partial charge in [-0.05, 0) is 42.8 Å². The van der Waals surface area contributed by atoms with Gasteiger partial charge in [-0.1, -0.05) is 31.9 Å². The number of hydrogen-bond acceptors (Lipinski definition) is 4. The third-order valence-electron chi connectivity index (χ3n) is 3.74. The average Bonchev–Trinajstić information content (AvgIpc) is 2.64. The average molecular weight is 353 g/mol. The number of phenols is 1. The molecule has 0 saturated carbocycles.